The van der Waals surface area contributed by atoms with Crippen LogP contribution in [0.5, 0.6) is 11.5 Å². The lowest BCUT2D eigenvalue weighted by molar-refractivity contribution is -0.173. The summed E-state index contributed by atoms with van der Waals surface area (Å²) in [5, 5.41) is 0. The first kappa shape index (κ1) is 33.5. The molecule has 45 heavy (non-hydrogen) atoms. The zero-order valence-electron chi connectivity index (χ0n) is 27.0. The molecule has 9 heteroatoms. The molecule has 8 nitrogen and oxygen atoms in total. The van der Waals surface area contributed by atoms with Gasteiger partial charge in [-0.1, -0.05) is 30.3 Å². The van der Waals surface area contributed by atoms with Crippen LogP contribution in [0.2, 0.25) is 0 Å². The number of methoxy groups -OCH3 is 2. The Morgan fingerprint density at radius 1 is 0.667 bits per heavy atom. The summed E-state index contributed by atoms with van der Waals surface area (Å²) in [6.07, 6.45) is -1.80. The molecule has 4 rings (SSSR count). The van der Waals surface area contributed by atoms with E-state index < -0.39 is 58.8 Å². The Balaban J connectivity index is 2.23. The van der Waals surface area contributed by atoms with Gasteiger partial charge in [0.1, 0.15) is 22.7 Å². The van der Waals surface area contributed by atoms with Crippen molar-refractivity contribution in [1.82, 2.24) is 0 Å². The Morgan fingerprint density at radius 3 is 1.64 bits per heavy atom. The van der Waals surface area contributed by atoms with Crippen LogP contribution >= 0.6 is 0 Å². The Bertz CT molecular complexity index is 1510. The highest BCUT2D eigenvalue weighted by atomic mass is 19.1. The van der Waals surface area contributed by atoms with Crippen molar-refractivity contribution in [1.29, 1.82) is 0 Å². The van der Waals surface area contributed by atoms with Crippen molar-refractivity contribution in [3.63, 3.8) is 0 Å². The molecule has 3 aromatic carbocycles. The van der Waals surface area contributed by atoms with E-state index in [-0.39, 0.29) is 12.0 Å². The molecule has 240 valence electrons. The van der Waals surface area contributed by atoms with Gasteiger partial charge in [0.25, 0.3) is 0 Å². The van der Waals surface area contributed by atoms with Gasteiger partial charge in [-0.3, -0.25) is 14.4 Å². The number of carbonyl (C=O) groups is 3. The summed E-state index contributed by atoms with van der Waals surface area (Å²) < 4.78 is 42.8. The minimum atomic E-state index is -2.18. The van der Waals surface area contributed by atoms with Crippen molar-refractivity contribution in [3.05, 3.63) is 94.8 Å². The first-order chi connectivity index (χ1) is 21.3. The van der Waals surface area contributed by atoms with Crippen molar-refractivity contribution in [3.8, 4) is 11.5 Å². The molecule has 0 N–H and O–H groups in total. The Labute approximate surface area is 263 Å². The molecule has 0 unspecified atom stereocenters. The number of fused-ring (bicyclic) bond motifs is 1. The predicted molar refractivity (Wildman–Crippen MR) is 166 cm³/mol. The van der Waals surface area contributed by atoms with E-state index >= 15 is 0 Å². The Kier molecular flexibility index (Phi) is 9.90. The number of benzene rings is 3. The zero-order valence-corrected chi connectivity index (χ0v) is 27.0. The number of esters is 3. The van der Waals surface area contributed by atoms with Gasteiger partial charge < -0.3 is 23.7 Å². The fourth-order valence-electron chi connectivity index (χ4n) is 6.27. The highest BCUT2D eigenvalue weighted by molar-refractivity contribution is 6.12. The maximum absolute atomic E-state index is 14.8. The largest absolute Gasteiger partial charge is 0.497 e. The number of hydrogen-bond donors (Lipinski definition) is 0. The maximum atomic E-state index is 14.8. The normalized spacial score (nSPS) is 18.4. The molecule has 2 atom stereocenters. The maximum Gasteiger partial charge on any atom is 0.329 e. The summed E-state index contributed by atoms with van der Waals surface area (Å²) in [6.45, 7) is 10.2. The molecule has 3 aromatic rings. The lowest BCUT2D eigenvalue weighted by atomic mass is 9.61. The lowest BCUT2D eigenvalue weighted by Crippen LogP contribution is -2.55. The molecular formula is C36H41FO8. The van der Waals surface area contributed by atoms with E-state index in [2.05, 4.69) is 0 Å². The molecule has 0 aliphatic heterocycles. The smallest absolute Gasteiger partial charge is 0.329 e. The molecule has 0 heterocycles. The highest BCUT2D eigenvalue weighted by Crippen LogP contribution is 2.62. The molecule has 0 fully saturated rings. The van der Waals surface area contributed by atoms with Crippen LogP contribution in [0.3, 0.4) is 0 Å². The van der Waals surface area contributed by atoms with E-state index in [0.29, 0.717) is 28.2 Å². The molecule has 0 radical (unpaired) electrons. The summed E-state index contributed by atoms with van der Waals surface area (Å²) >= 11 is 0. The van der Waals surface area contributed by atoms with Crippen LogP contribution in [0.25, 0.3) is 0 Å². The van der Waals surface area contributed by atoms with Gasteiger partial charge >= 0.3 is 17.9 Å². The van der Waals surface area contributed by atoms with Crippen molar-refractivity contribution in [2.75, 3.05) is 14.2 Å². The molecule has 0 amide bonds. The summed E-state index contributed by atoms with van der Waals surface area (Å²) in [6, 6.07) is 17.5. The van der Waals surface area contributed by atoms with Crippen molar-refractivity contribution >= 4 is 17.9 Å². The predicted octanol–water partition coefficient (Wildman–Crippen LogP) is 6.21. The van der Waals surface area contributed by atoms with Gasteiger partial charge in [-0.2, -0.15) is 0 Å². The Morgan fingerprint density at radius 2 is 1.16 bits per heavy atom. The van der Waals surface area contributed by atoms with Crippen LogP contribution in [0.4, 0.5) is 4.39 Å². The number of rotatable bonds is 11. The van der Waals surface area contributed by atoms with Gasteiger partial charge in [-0.25, -0.2) is 4.39 Å². The van der Waals surface area contributed by atoms with Crippen LogP contribution in [0.15, 0.2) is 66.7 Å². The van der Waals surface area contributed by atoms with E-state index in [0.717, 1.165) is 0 Å². The minimum absolute atomic E-state index is 0.0411. The number of carbonyl (C=O) groups excluding carboxylic acids is 3. The van der Waals surface area contributed by atoms with Gasteiger partial charge in [0.2, 0.25) is 0 Å². The third kappa shape index (κ3) is 6.13. The van der Waals surface area contributed by atoms with Gasteiger partial charge in [0, 0.05) is 5.92 Å². The fraction of sp³-hybridized carbons (Fsp3) is 0.417. The summed E-state index contributed by atoms with van der Waals surface area (Å²) in [4.78, 5) is 44.2. The van der Waals surface area contributed by atoms with E-state index in [9.17, 15) is 18.8 Å². The third-order valence-electron chi connectivity index (χ3n) is 7.94. The van der Waals surface area contributed by atoms with Crippen molar-refractivity contribution in [2.45, 2.75) is 83.0 Å². The molecule has 0 bridgehead atoms. The summed E-state index contributed by atoms with van der Waals surface area (Å²) in [7, 11) is 2.99. The monoisotopic (exact) mass is 620 g/mol. The van der Waals surface area contributed by atoms with Gasteiger partial charge in [0.05, 0.1) is 32.5 Å². The van der Waals surface area contributed by atoms with E-state index in [1.807, 2.05) is 0 Å². The molecule has 0 spiro atoms. The molecule has 0 saturated heterocycles. The number of hydrogen-bond acceptors (Lipinski definition) is 8. The fourth-order valence-corrected chi connectivity index (χ4v) is 6.27. The van der Waals surface area contributed by atoms with Crippen LogP contribution in [0, 0.1) is 5.82 Å². The quantitative estimate of drug-likeness (QED) is 0.142. The van der Waals surface area contributed by atoms with Gasteiger partial charge in [0.15, 0.2) is 5.41 Å². The second kappa shape index (κ2) is 13.3. The molecule has 1 aliphatic carbocycles. The van der Waals surface area contributed by atoms with Crippen molar-refractivity contribution < 1.29 is 42.5 Å². The van der Waals surface area contributed by atoms with E-state index in [1.165, 1.54) is 26.4 Å². The second-order valence-electron chi connectivity index (χ2n) is 12.1. The standard InChI is InChI=1S/C36H41FO8/c1-21(2)43-32(38)35(20-24-9-13-26(37)14-10-24)29-18-17-28(42-8)19-30(29)36(33(39)44-22(3)4,34(40)45-23(5)6)31(35)25-11-15-27(41-7)16-12-25/h9-19,21-23,31H,20H2,1-8H3/t31-,35-/m1/s1. The first-order valence-corrected chi connectivity index (χ1v) is 15.0. The SMILES string of the molecule is COc1ccc([C@H]2C(C(=O)OC(C)C)(C(=O)OC(C)C)c3cc(OC)ccc3[C@@]2(Cc2ccc(F)cc2)C(=O)OC(C)C)cc1. The van der Waals surface area contributed by atoms with Crippen LogP contribution in [-0.2, 0) is 45.8 Å². The summed E-state index contributed by atoms with van der Waals surface area (Å²) in [5.74, 6) is -3.21. The zero-order chi connectivity index (χ0) is 33.1. The molecule has 1 aliphatic rings. The topological polar surface area (TPSA) is 97.4 Å². The van der Waals surface area contributed by atoms with E-state index in [4.69, 9.17) is 23.7 Å². The lowest BCUT2D eigenvalue weighted by Gasteiger charge is -2.41. The van der Waals surface area contributed by atoms with Crippen molar-refractivity contribution in [2.24, 2.45) is 0 Å². The average Bonchev–Trinajstić information content (AvgIpc) is 3.24. The molecule has 0 saturated carbocycles. The minimum Gasteiger partial charge on any atom is -0.497 e. The average molecular weight is 621 g/mol. The van der Waals surface area contributed by atoms with Gasteiger partial charge in [-0.05, 0) is 107 Å². The third-order valence-corrected chi connectivity index (χ3v) is 7.94. The second-order valence-corrected chi connectivity index (χ2v) is 12.1. The van der Waals surface area contributed by atoms with Crippen LogP contribution in [-0.4, -0.2) is 50.4 Å². The first-order valence-electron chi connectivity index (χ1n) is 15.0. The molecular weight excluding hydrogens is 579 g/mol. The van der Waals surface area contributed by atoms with Crippen LogP contribution < -0.4 is 9.47 Å². The summed E-state index contributed by atoms with van der Waals surface area (Å²) in [5.41, 5.74) is -2.23. The molecule has 0 aromatic heterocycles. The number of halogens is 1. The highest BCUT2D eigenvalue weighted by Gasteiger charge is 2.73. The number of ether oxygens (including phenoxy) is 5. The van der Waals surface area contributed by atoms with E-state index in [1.54, 1.807) is 96.1 Å². The Hall–Kier alpha value is -4.40. The van der Waals surface area contributed by atoms with Gasteiger partial charge in [-0.15, -0.1) is 0 Å². The van der Waals surface area contributed by atoms with Crippen LogP contribution in [0.1, 0.15) is 69.7 Å².